The van der Waals surface area contributed by atoms with Crippen LogP contribution in [0.4, 0.5) is 0 Å². The summed E-state index contributed by atoms with van der Waals surface area (Å²) >= 11 is 0. The molecular formula is C20H32O3. The first kappa shape index (κ1) is 16.1. The van der Waals surface area contributed by atoms with Gasteiger partial charge in [0.25, 0.3) is 0 Å². The Hall–Kier alpha value is -0.410. The van der Waals surface area contributed by atoms with E-state index in [2.05, 4.69) is 6.92 Å². The Kier molecular flexibility index (Phi) is 3.88. The fraction of sp³-hybridized carbons (Fsp3) is 0.950. The van der Waals surface area contributed by atoms with Crippen LogP contribution in [0.3, 0.4) is 0 Å². The third kappa shape index (κ3) is 2.18. The molecule has 4 aliphatic rings. The number of aliphatic hydroxyl groups is 1. The summed E-state index contributed by atoms with van der Waals surface area (Å²) in [6.45, 7) is 3.10. The van der Waals surface area contributed by atoms with Gasteiger partial charge in [-0.3, -0.25) is 4.79 Å². The summed E-state index contributed by atoms with van der Waals surface area (Å²) < 4.78 is 5.73. The molecule has 0 bridgehead atoms. The molecule has 0 aromatic carbocycles. The van der Waals surface area contributed by atoms with Crippen LogP contribution in [-0.4, -0.2) is 30.7 Å². The third-order valence-corrected chi connectivity index (χ3v) is 8.46. The molecule has 1 N–H and O–H groups in total. The molecule has 4 fully saturated rings. The molecule has 4 rings (SSSR count). The summed E-state index contributed by atoms with van der Waals surface area (Å²) in [4.78, 5) is 12.5. The number of fused-ring (bicyclic) bond motifs is 5. The van der Waals surface area contributed by atoms with Gasteiger partial charge in [0.1, 0.15) is 5.78 Å². The average Bonchev–Trinajstić information content (AvgIpc) is 2.84. The fourth-order valence-corrected chi connectivity index (χ4v) is 7.35. The van der Waals surface area contributed by atoms with Crippen molar-refractivity contribution in [3.05, 3.63) is 0 Å². The van der Waals surface area contributed by atoms with E-state index in [-0.39, 0.29) is 16.9 Å². The Bertz CT molecular complexity index is 489. The van der Waals surface area contributed by atoms with Crippen LogP contribution >= 0.6 is 0 Å². The van der Waals surface area contributed by atoms with Gasteiger partial charge in [0, 0.05) is 18.9 Å². The molecule has 7 atom stereocenters. The lowest BCUT2D eigenvalue weighted by molar-refractivity contribution is -0.159. The predicted molar refractivity (Wildman–Crippen MR) is 88.9 cm³/mol. The van der Waals surface area contributed by atoms with Crippen LogP contribution in [0.5, 0.6) is 0 Å². The molecule has 0 amide bonds. The van der Waals surface area contributed by atoms with Crippen molar-refractivity contribution in [1.82, 2.24) is 0 Å². The van der Waals surface area contributed by atoms with Crippen molar-refractivity contribution in [1.29, 1.82) is 0 Å². The quantitative estimate of drug-likeness (QED) is 0.846. The molecular weight excluding hydrogens is 288 g/mol. The number of rotatable bonds is 2. The van der Waals surface area contributed by atoms with Crippen molar-refractivity contribution in [2.24, 2.45) is 34.5 Å². The van der Waals surface area contributed by atoms with E-state index in [9.17, 15) is 9.90 Å². The predicted octanol–water partition coefficient (Wildman–Crippen LogP) is 3.59. The second-order valence-electron chi connectivity index (χ2n) is 9.16. The molecule has 0 aromatic heterocycles. The average molecular weight is 320 g/mol. The molecule has 0 saturated heterocycles. The Morgan fingerprint density at radius 2 is 1.96 bits per heavy atom. The van der Waals surface area contributed by atoms with Gasteiger partial charge in [-0.05, 0) is 80.5 Å². The number of carbonyl (C=O) groups is 1. The summed E-state index contributed by atoms with van der Waals surface area (Å²) in [5, 5.41) is 10.2. The molecule has 0 radical (unpaired) electrons. The van der Waals surface area contributed by atoms with Crippen molar-refractivity contribution >= 4 is 5.78 Å². The zero-order chi connectivity index (χ0) is 16.2. The van der Waals surface area contributed by atoms with Gasteiger partial charge in [-0.25, -0.2) is 0 Å². The van der Waals surface area contributed by atoms with Gasteiger partial charge in [-0.1, -0.05) is 6.92 Å². The maximum Gasteiger partial charge on any atom is 0.139 e. The molecule has 3 nitrogen and oxygen atoms in total. The summed E-state index contributed by atoms with van der Waals surface area (Å²) in [6, 6.07) is 0. The smallest absolute Gasteiger partial charge is 0.139 e. The maximum absolute atomic E-state index is 12.5. The summed E-state index contributed by atoms with van der Waals surface area (Å²) in [5.41, 5.74) is 0.236. The maximum atomic E-state index is 12.5. The van der Waals surface area contributed by atoms with Crippen LogP contribution in [0, 0.1) is 34.5 Å². The van der Waals surface area contributed by atoms with E-state index in [0.29, 0.717) is 29.5 Å². The summed E-state index contributed by atoms with van der Waals surface area (Å²) in [7, 11) is 1.84. The zero-order valence-electron chi connectivity index (χ0n) is 14.7. The normalized spacial score (nSPS) is 52.7. The molecule has 0 aromatic rings. The van der Waals surface area contributed by atoms with E-state index in [1.54, 1.807) is 0 Å². The summed E-state index contributed by atoms with van der Waals surface area (Å²) in [5.74, 6) is 3.17. The van der Waals surface area contributed by atoms with E-state index in [4.69, 9.17) is 4.74 Å². The van der Waals surface area contributed by atoms with Gasteiger partial charge in [0.15, 0.2) is 0 Å². The fourth-order valence-electron chi connectivity index (χ4n) is 7.35. The Labute approximate surface area is 140 Å². The van der Waals surface area contributed by atoms with Gasteiger partial charge in [-0.2, -0.15) is 0 Å². The minimum atomic E-state index is -0.108. The van der Waals surface area contributed by atoms with Crippen molar-refractivity contribution < 1.29 is 14.6 Å². The topological polar surface area (TPSA) is 46.5 Å². The van der Waals surface area contributed by atoms with Gasteiger partial charge < -0.3 is 9.84 Å². The largest absolute Gasteiger partial charge is 0.393 e. The van der Waals surface area contributed by atoms with Gasteiger partial charge >= 0.3 is 0 Å². The number of methoxy groups -OCH3 is 1. The highest BCUT2D eigenvalue weighted by Crippen LogP contribution is 2.65. The Morgan fingerprint density at radius 1 is 1.13 bits per heavy atom. The van der Waals surface area contributed by atoms with E-state index in [1.165, 1.54) is 19.3 Å². The first-order chi connectivity index (χ1) is 11.0. The van der Waals surface area contributed by atoms with Crippen molar-refractivity contribution in [2.75, 3.05) is 13.7 Å². The Balaban J connectivity index is 1.66. The van der Waals surface area contributed by atoms with Crippen molar-refractivity contribution in [3.8, 4) is 0 Å². The molecule has 0 aliphatic heterocycles. The van der Waals surface area contributed by atoms with Crippen LogP contribution in [0.1, 0.15) is 64.7 Å². The number of ketones is 1. The number of hydrogen-bond acceptors (Lipinski definition) is 3. The molecule has 4 saturated carbocycles. The van der Waals surface area contributed by atoms with Crippen molar-refractivity contribution in [3.63, 3.8) is 0 Å². The van der Waals surface area contributed by atoms with Gasteiger partial charge in [0.05, 0.1) is 12.7 Å². The SMILES string of the molecule is COC[C@]12CC[C@@H](O)C[C@H]1CC[C@@H]1[C@@H]2CC[C@]2(C)C(=O)CC[C@@H]12. The first-order valence-electron chi connectivity index (χ1n) is 9.71. The highest BCUT2D eigenvalue weighted by Gasteiger charge is 2.61. The lowest BCUT2D eigenvalue weighted by Crippen LogP contribution is -2.56. The molecule has 0 unspecified atom stereocenters. The standard InChI is InChI=1S/C20H32O3/c1-19-9-8-17-15(16(19)5-6-18(19)22)4-3-13-11-14(21)7-10-20(13,17)12-23-2/h13-17,21H,3-12H2,1-2H3/t13-,14-,15+,16+,17+,19+,20-/m1/s1. The number of carbonyl (C=O) groups excluding carboxylic acids is 1. The summed E-state index contributed by atoms with van der Waals surface area (Å²) in [6.07, 6.45) is 9.60. The second-order valence-corrected chi connectivity index (χ2v) is 9.16. The number of aliphatic hydroxyl groups excluding tert-OH is 1. The lowest BCUT2D eigenvalue weighted by atomic mass is 9.45. The monoisotopic (exact) mass is 320 g/mol. The first-order valence-corrected chi connectivity index (χ1v) is 9.71. The number of ether oxygens (including phenoxy) is 1. The van der Waals surface area contributed by atoms with Crippen LogP contribution in [-0.2, 0) is 9.53 Å². The second kappa shape index (κ2) is 5.56. The van der Waals surface area contributed by atoms with Gasteiger partial charge in [0.2, 0.25) is 0 Å². The highest BCUT2D eigenvalue weighted by molar-refractivity contribution is 5.87. The van der Waals surface area contributed by atoms with E-state index < -0.39 is 0 Å². The minimum Gasteiger partial charge on any atom is -0.393 e. The third-order valence-electron chi connectivity index (χ3n) is 8.46. The highest BCUT2D eigenvalue weighted by atomic mass is 16.5. The molecule has 4 aliphatic carbocycles. The Morgan fingerprint density at radius 3 is 2.74 bits per heavy atom. The molecule has 0 spiro atoms. The van der Waals surface area contributed by atoms with E-state index in [0.717, 1.165) is 45.1 Å². The number of hydrogen-bond donors (Lipinski definition) is 1. The van der Waals surface area contributed by atoms with E-state index in [1.807, 2.05) is 7.11 Å². The molecule has 3 heteroatoms. The molecule has 0 heterocycles. The zero-order valence-corrected chi connectivity index (χ0v) is 14.7. The van der Waals surface area contributed by atoms with Crippen LogP contribution in [0.2, 0.25) is 0 Å². The molecule has 130 valence electrons. The van der Waals surface area contributed by atoms with Crippen LogP contribution in [0.25, 0.3) is 0 Å². The van der Waals surface area contributed by atoms with Crippen LogP contribution < -0.4 is 0 Å². The van der Waals surface area contributed by atoms with E-state index >= 15 is 0 Å². The molecule has 23 heavy (non-hydrogen) atoms. The van der Waals surface area contributed by atoms with Gasteiger partial charge in [-0.15, -0.1) is 0 Å². The van der Waals surface area contributed by atoms with Crippen molar-refractivity contribution in [2.45, 2.75) is 70.8 Å². The lowest BCUT2D eigenvalue weighted by Gasteiger charge is -2.60. The van der Waals surface area contributed by atoms with Crippen LogP contribution in [0.15, 0.2) is 0 Å². The number of Topliss-reactive ketones (excluding diaryl/α,β-unsaturated/α-hetero) is 1. The minimum absolute atomic E-state index is 0.0313.